The summed E-state index contributed by atoms with van der Waals surface area (Å²) in [6.07, 6.45) is 3.27. The highest BCUT2D eigenvalue weighted by atomic mass is 16.1. The van der Waals surface area contributed by atoms with Crippen molar-refractivity contribution >= 4 is 17.2 Å². The summed E-state index contributed by atoms with van der Waals surface area (Å²) < 4.78 is 0. The van der Waals surface area contributed by atoms with Crippen LogP contribution in [0.2, 0.25) is 0 Å². The molecule has 5 heteroatoms. The lowest BCUT2D eigenvalue weighted by Crippen LogP contribution is -2.09. The van der Waals surface area contributed by atoms with Crippen LogP contribution in [0.15, 0.2) is 23.4 Å². The lowest BCUT2D eigenvalue weighted by molar-refractivity contribution is 0.112. The molecule has 0 aliphatic heterocycles. The number of nitrogens with one attached hydrogen (secondary N) is 1. The Balaban J connectivity index is 3.03. The summed E-state index contributed by atoms with van der Waals surface area (Å²) in [6, 6.07) is 1.58. The molecule has 13 heavy (non-hydrogen) atoms. The SMILES string of the molecule is O=Cc1nccc2nc[nH]c(=O)c12. The van der Waals surface area contributed by atoms with E-state index in [0.717, 1.165) is 0 Å². The third-order valence-electron chi connectivity index (χ3n) is 1.70. The van der Waals surface area contributed by atoms with Crippen molar-refractivity contribution in [3.63, 3.8) is 0 Å². The van der Waals surface area contributed by atoms with Crippen LogP contribution in [0, 0.1) is 0 Å². The second kappa shape index (κ2) is 2.78. The Morgan fingerprint density at radius 2 is 2.23 bits per heavy atom. The van der Waals surface area contributed by atoms with Gasteiger partial charge in [0.25, 0.3) is 5.56 Å². The number of pyridine rings is 1. The highest BCUT2D eigenvalue weighted by Gasteiger charge is 2.04. The summed E-state index contributed by atoms with van der Waals surface area (Å²) in [5.41, 5.74) is 0.243. The Morgan fingerprint density at radius 3 is 3.00 bits per heavy atom. The maximum absolute atomic E-state index is 11.3. The van der Waals surface area contributed by atoms with Gasteiger partial charge < -0.3 is 4.98 Å². The van der Waals surface area contributed by atoms with Crippen LogP contribution in [-0.2, 0) is 0 Å². The van der Waals surface area contributed by atoms with Crippen molar-refractivity contribution in [3.05, 3.63) is 34.6 Å². The van der Waals surface area contributed by atoms with Crippen molar-refractivity contribution < 1.29 is 4.79 Å². The molecule has 0 spiro atoms. The number of nitrogens with zero attached hydrogens (tertiary/aromatic N) is 2. The van der Waals surface area contributed by atoms with Gasteiger partial charge in [-0.25, -0.2) is 4.98 Å². The lowest BCUT2D eigenvalue weighted by Gasteiger charge is -1.95. The van der Waals surface area contributed by atoms with Crippen molar-refractivity contribution in [1.29, 1.82) is 0 Å². The minimum Gasteiger partial charge on any atom is -0.313 e. The largest absolute Gasteiger partial charge is 0.313 e. The van der Waals surface area contributed by atoms with Crippen molar-refractivity contribution in [2.75, 3.05) is 0 Å². The highest BCUT2D eigenvalue weighted by Crippen LogP contribution is 2.06. The Labute approximate surface area is 72.5 Å². The summed E-state index contributed by atoms with van der Waals surface area (Å²) >= 11 is 0. The molecule has 2 heterocycles. The predicted molar refractivity (Wildman–Crippen MR) is 45.5 cm³/mol. The molecule has 5 nitrogen and oxygen atoms in total. The average Bonchev–Trinajstić information content (AvgIpc) is 2.17. The lowest BCUT2D eigenvalue weighted by atomic mass is 10.2. The fraction of sp³-hybridized carbons (Fsp3) is 0. The van der Waals surface area contributed by atoms with Gasteiger partial charge in [0, 0.05) is 6.20 Å². The van der Waals surface area contributed by atoms with Gasteiger partial charge in [-0.3, -0.25) is 14.6 Å². The van der Waals surface area contributed by atoms with E-state index in [4.69, 9.17) is 0 Å². The summed E-state index contributed by atoms with van der Waals surface area (Å²) in [6.45, 7) is 0. The van der Waals surface area contributed by atoms with Crippen LogP contribution in [0.5, 0.6) is 0 Å². The highest BCUT2D eigenvalue weighted by molar-refractivity contribution is 5.93. The van der Waals surface area contributed by atoms with Crippen molar-refractivity contribution in [1.82, 2.24) is 15.0 Å². The molecule has 2 aromatic heterocycles. The number of hydrogen-bond donors (Lipinski definition) is 1. The number of aromatic amines is 1. The summed E-state index contributed by atoms with van der Waals surface area (Å²) in [5, 5.41) is 0.236. The zero-order chi connectivity index (χ0) is 9.26. The molecule has 0 bridgehead atoms. The second-order valence-corrected chi connectivity index (χ2v) is 2.44. The summed E-state index contributed by atoms with van der Waals surface area (Å²) in [5.74, 6) is 0. The number of hydrogen-bond acceptors (Lipinski definition) is 4. The van der Waals surface area contributed by atoms with Gasteiger partial charge >= 0.3 is 0 Å². The molecular formula is C8H5N3O2. The van der Waals surface area contributed by atoms with Gasteiger partial charge in [-0.1, -0.05) is 0 Å². The molecular weight excluding hydrogens is 170 g/mol. The Kier molecular flexibility index (Phi) is 1.63. The van der Waals surface area contributed by atoms with Crippen LogP contribution in [0.1, 0.15) is 10.5 Å². The molecule has 0 radical (unpaired) electrons. The zero-order valence-corrected chi connectivity index (χ0v) is 6.52. The monoisotopic (exact) mass is 175 g/mol. The molecule has 0 saturated carbocycles. The van der Waals surface area contributed by atoms with Gasteiger partial charge in [0.05, 0.1) is 17.2 Å². The molecule has 2 aromatic rings. The summed E-state index contributed by atoms with van der Waals surface area (Å²) in [7, 11) is 0. The third-order valence-corrected chi connectivity index (χ3v) is 1.70. The van der Waals surface area contributed by atoms with Crippen molar-refractivity contribution in [2.45, 2.75) is 0 Å². The number of rotatable bonds is 1. The molecule has 0 aliphatic carbocycles. The van der Waals surface area contributed by atoms with Gasteiger partial charge in [0.2, 0.25) is 0 Å². The van der Waals surface area contributed by atoms with Crippen LogP contribution < -0.4 is 5.56 Å². The Hall–Kier alpha value is -2.04. The smallest absolute Gasteiger partial charge is 0.260 e. The number of aromatic nitrogens is 3. The van der Waals surface area contributed by atoms with Gasteiger partial charge in [0.15, 0.2) is 6.29 Å². The summed E-state index contributed by atoms with van der Waals surface area (Å²) in [4.78, 5) is 31.8. The maximum atomic E-state index is 11.3. The van der Waals surface area contributed by atoms with E-state index in [1.807, 2.05) is 0 Å². The second-order valence-electron chi connectivity index (χ2n) is 2.44. The first-order valence-corrected chi connectivity index (χ1v) is 3.60. The molecule has 0 atom stereocenters. The standard InChI is InChI=1S/C8H5N3O2/c12-3-6-7-5(1-2-9-6)10-4-11-8(7)13/h1-4H,(H,10,11,13). The first-order valence-electron chi connectivity index (χ1n) is 3.60. The topological polar surface area (TPSA) is 75.7 Å². The number of aldehydes is 1. The van der Waals surface area contributed by atoms with E-state index in [-0.39, 0.29) is 16.6 Å². The zero-order valence-electron chi connectivity index (χ0n) is 6.52. The molecule has 1 N–H and O–H groups in total. The van der Waals surface area contributed by atoms with Crippen molar-refractivity contribution in [2.24, 2.45) is 0 Å². The van der Waals surface area contributed by atoms with Gasteiger partial charge in [0.1, 0.15) is 5.69 Å². The molecule has 0 aliphatic rings. The van der Waals surface area contributed by atoms with Gasteiger partial charge in [-0.05, 0) is 6.07 Å². The van der Waals surface area contributed by atoms with Crippen LogP contribution >= 0.6 is 0 Å². The number of fused-ring (bicyclic) bond motifs is 1. The van der Waals surface area contributed by atoms with Crippen LogP contribution in [0.3, 0.4) is 0 Å². The van der Waals surface area contributed by atoms with Crippen LogP contribution in [-0.4, -0.2) is 21.2 Å². The molecule has 64 valence electrons. The molecule has 0 aromatic carbocycles. The Morgan fingerprint density at radius 1 is 1.38 bits per heavy atom. The number of carbonyl (C=O) groups is 1. The normalized spacial score (nSPS) is 10.2. The van der Waals surface area contributed by atoms with Gasteiger partial charge in [-0.15, -0.1) is 0 Å². The fourth-order valence-electron chi connectivity index (χ4n) is 1.13. The number of carbonyl (C=O) groups excluding carboxylic acids is 1. The molecule has 0 unspecified atom stereocenters. The quantitative estimate of drug-likeness (QED) is 0.625. The first-order chi connectivity index (χ1) is 6.33. The minimum absolute atomic E-state index is 0.117. The van der Waals surface area contributed by atoms with E-state index in [1.165, 1.54) is 12.5 Å². The Bertz CT molecular complexity index is 513. The number of H-pyrrole nitrogens is 1. The minimum atomic E-state index is -0.347. The third kappa shape index (κ3) is 1.10. The van der Waals surface area contributed by atoms with E-state index in [9.17, 15) is 9.59 Å². The van der Waals surface area contributed by atoms with E-state index >= 15 is 0 Å². The predicted octanol–water partition coefficient (Wildman–Crippen LogP) is 0.131. The molecule has 2 rings (SSSR count). The van der Waals surface area contributed by atoms with E-state index in [1.54, 1.807) is 6.07 Å². The molecule has 0 fully saturated rings. The van der Waals surface area contributed by atoms with E-state index in [2.05, 4.69) is 15.0 Å². The first kappa shape index (κ1) is 7.60. The van der Waals surface area contributed by atoms with E-state index in [0.29, 0.717) is 11.8 Å². The van der Waals surface area contributed by atoms with E-state index < -0.39 is 0 Å². The molecule has 0 saturated heterocycles. The van der Waals surface area contributed by atoms with Gasteiger partial charge in [-0.2, -0.15) is 0 Å². The van der Waals surface area contributed by atoms with Crippen LogP contribution in [0.25, 0.3) is 10.9 Å². The fourth-order valence-corrected chi connectivity index (χ4v) is 1.13. The molecule has 0 amide bonds. The maximum Gasteiger partial charge on any atom is 0.260 e. The average molecular weight is 175 g/mol. The van der Waals surface area contributed by atoms with Crippen LogP contribution in [0.4, 0.5) is 0 Å². The van der Waals surface area contributed by atoms with Crippen molar-refractivity contribution in [3.8, 4) is 0 Å².